The summed E-state index contributed by atoms with van der Waals surface area (Å²) in [5.41, 5.74) is 4.75. The van der Waals surface area contributed by atoms with E-state index in [0.29, 0.717) is 0 Å². The molecule has 0 unspecified atom stereocenters. The maximum absolute atomic E-state index is 13.5. The lowest BCUT2D eigenvalue weighted by Crippen LogP contribution is -2.44. The molecule has 0 bridgehead atoms. The number of carbonyl (C=O) groups excluding carboxylic acids is 1. The summed E-state index contributed by atoms with van der Waals surface area (Å²) in [7, 11) is -1.67. The minimum Gasteiger partial charge on any atom is -0.289 e. The number of ketones is 1. The molecular formula is C23H24OSi. The fourth-order valence-electron chi connectivity index (χ4n) is 4.36. The van der Waals surface area contributed by atoms with Gasteiger partial charge in [0.2, 0.25) is 0 Å². The van der Waals surface area contributed by atoms with Gasteiger partial charge in [-0.15, -0.1) is 0 Å². The average Bonchev–Trinajstić information content (AvgIpc) is 3.09. The molecule has 3 aromatic rings. The van der Waals surface area contributed by atoms with Gasteiger partial charge in [0, 0.05) is 11.1 Å². The van der Waals surface area contributed by atoms with Gasteiger partial charge in [-0.05, 0) is 46.3 Å². The fraction of sp³-hybridized carbons (Fsp3) is 0.261. The highest BCUT2D eigenvalue weighted by Gasteiger charge is 2.32. The molecule has 0 radical (unpaired) electrons. The summed E-state index contributed by atoms with van der Waals surface area (Å²) in [4.78, 5) is 13.5. The van der Waals surface area contributed by atoms with Crippen LogP contribution in [0.4, 0.5) is 0 Å². The fourth-order valence-corrected chi connectivity index (χ4v) is 6.54. The predicted octanol–water partition coefficient (Wildman–Crippen LogP) is 5.10. The third-order valence-electron chi connectivity index (χ3n) is 5.30. The van der Waals surface area contributed by atoms with Crippen molar-refractivity contribution in [1.29, 1.82) is 0 Å². The highest BCUT2D eigenvalue weighted by Crippen LogP contribution is 2.34. The molecule has 0 fully saturated rings. The Bertz CT molecular complexity index is 965. The Balaban J connectivity index is 2.12. The van der Waals surface area contributed by atoms with Gasteiger partial charge >= 0.3 is 0 Å². The summed E-state index contributed by atoms with van der Waals surface area (Å²) in [6.07, 6.45) is 3.47. The number of aryl methyl sites for hydroxylation is 1. The van der Waals surface area contributed by atoms with Crippen molar-refractivity contribution >= 4 is 29.8 Å². The molecule has 0 spiro atoms. The van der Waals surface area contributed by atoms with Crippen LogP contribution in [-0.4, -0.2) is 13.9 Å². The van der Waals surface area contributed by atoms with Crippen LogP contribution in [0.15, 0.2) is 54.6 Å². The number of hydrogen-bond donors (Lipinski definition) is 0. The third kappa shape index (κ3) is 2.65. The van der Waals surface area contributed by atoms with E-state index < -0.39 is 8.07 Å². The van der Waals surface area contributed by atoms with Gasteiger partial charge in [0.25, 0.3) is 0 Å². The van der Waals surface area contributed by atoms with Crippen LogP contribution in [0.1, 0.15) is 33.5 Å². The van der Waals surface area contributed by atoms with Gasteiger partial charge < -0.3 is 0 Å². The molecular weight excluding hydrogens is 320 g/mol. The highest BCUT2D eigenvalue weighted by atomic mass is 28.3. The van der Waals surface area contributed by atoms with Crippen LogP contribution in [0.5, 0.6) is 0 Å². The Morgan fingerprint density at radius 1 is 0.800 bits per heavy atom. The number of rotatable bonds is 3. The van der Waals surface area contributed by atoms with E-state index in [2.05, 4.69) is 43.9 Å². The summed E-state index contributed by atoms with van der Waals surface area (Å²) in [6.45, 7) is 7.12. The lowest BCUT2D eigenvalue weighted by molar-refractivity contribution is 0.104. The summed E-state index contributed by atoms with van der Waals surface area (Å²) in [5, 5.41) is 3.83. The first-order valence-corrected chi connectivity index (χ1v) is 12.6. The molecule has 0 aliphatic heterocycles. The van der Waals surface area contributed by atoms with Crippen LogP contribution in [-0.2, 0) is 12.8 Å². The summed E-state index contributed by atoms with van der Waals surface area (Å²) >= 11 is 0. The van der Waals surface area contributed by atoms with Gasteiger partial charge in [-0.3, -0.25) is 4.79 Å². The Kier molecular flexibility index (Phi) is 3.88. The second-order valence-electron chi connectivity index (χ2n) is 8.05. The number of hydrogen-bond acceptors (Lipinski definition) is 1. The first-order valence-electron chi connectivity index (χ1n) is 9.15. The highest BCUT2D eigenvalue weighted by molar-refractivity contribution is 6.90. The van der Waals surface area contributed by atoms with E-state index >= 15 is 0 Å². The molecule has 3 aromatic carbocycles. The quantitative estimate of drug-likeness (QED) is 0.477. The minimum absolute atomic E-state index is 0.184. The van der Waals surface area contributed by atoms with Crippen LogP contribution in [0, 0.1) is 0 Å². The van der Waals surface area contributed by atoms with Crippen molar-refractivity contribution in [2.24, 2.45) is 0 Å². The van der Waals surface area contributed by atoms with Crippen molar-refractivity contribution in [1.82, 2.24) is 0 Å². The molecule has 0 saturated carbocycles. The monoisotopic (exact) mass is 344 g/mol. The van der Waals surface area contributed by atoms with E-state index in [9.17, 15) is 4.79 Å². The molecule has 0 heterocycles. The van der Waals surface area contributed by atoms with Crippen molar-refractivity contribution in [3.8, 4) is 0 Å². The molecule has 1 aliphatic carbocycles. The Morgan fingerprint density at radius 3 is 2.08 bits per heavy atom. The van der Waals surface area contributed by atoms with Gasteiger partial charge in [-0.2, -0.15) is 0 Å². The maximum Gasteiger partial charge on any atom is 0.193 e. The molecule has 1 aliphatic rings. The Morgan fingerprint density at radius 2 is 1.40 bits per heavy atom. The van der Waals surface area contributed by atoms with Crippen LogP contribution in [0.3, 0.4) is 0 Å². The summed E-state index contributed by atoms with van der Waals surface area (Å²) in [6, 6.07) is 18.3. The molecule has 4 rings (SSSR count). The second-order valence-corrected chi connectivity index (χ2v) is 13.1. The second kappa shape index (κ2) is 5.96. The van der Waals surface area contributed by atoms with E-state index in [4.69, 9.17) is 0 Å². The minimum atomic E-state index is -1.67. The third-order valence-corrected chi connectivity index (χ3v) is 7.36. The SMILES string of the molecule is C[Si](C)(C)c1c2c(c3ccccc3c1C(=O)c1ccccc1)CCC2. The van der Waals surface area contributed by atoms with Crippen LogP contribution in [0.2, 0.25) is 19.6 Å². The zero-order chi connectivity index (χ0) is 17.6. The number of fused-ring (bicyclic) bond motifs is 3. The van der Waals surface area contributed by atoms with E-state index in [0.717, 1.165) is 29.4 Å². The van der Waals surface area contributed by atoms with Gasteiger partial charge in [0.05, 0.1) is 8.07 Å². The topological polar surface area (TPSA) is 17.1 Å². The lowest BCUT2D eigenvalue weighted by atomic mass is 9.91. The van der Waals surface area contributed by atoms with Gasteiger partial charge in [0.15, 0.2) is 5.78 Å². The zero-order valence-electron chi connectivity index (χ0n) is 15.2. The van der Waals surface area contributed by atoms with Crippen molar-refractivity contribution in [2.75, 3.05) is 0 Å². The largest absolute Gasteiger partial charge is 0.289 e. The molecule has 0 atom stereocenters. The Labute approximate surface area is 150 Å². The molecule has 0 saturated heterocycles. The molecule has 0 N–H and O–H groups in total. The summed E-state index contributed by atoms with van der Waals surface area (Å²) in [5.74, 6) is 0.184. The maximum atomic E-state index is 13.5. The molecule has 126 valence electrons. The zero-order valence-corrected chi connectivity index (χ0v) is 16.2. The standard InChI is InChI=1S/C23H24OSi/c1-25(2,3)23-20-15-9-14-18(20)17-12-7-8-13-19(17)21(23)22(24)16-10-5-4-6-11-16/h4-8,10-13H,9,14-15H2,1-3H3. The Hall–Kier alpha value is -2.19. The van der Waals surface area contributed by atoms with Gasteiger partial charge in [-0.1, -0.05) is 74.2 Å². The van der Waals surface area contributed by atoms with Crippen molar-refractivity contribution in [3.63, 3.8) is 0 Å². The molecule has 25 heavy (non-hydrogen) atoms. The average molecular weight is 345 g/mol. The number of benzene rings is 3. The first kappa shape index (κ1) is 16.3. The smallest absolute Gasteiger partial charge is 0.193 e. The lowest BCUT2D eigenvalue weighted by Gasteiger charge is -2.26. The molecule has 0 amide bonds. The van der Waals surface area contributed by atoms with Gasteiger partial charge in [-0.25, -0.2) is 0 Å². The van der Waals surface area contributed by atoms with Crippen molar-refractivity contribution in [2.45, 2.75) is 38.9 Å². The van der Waals surface area contributed by atoms with Crippen LogP contribution in [0.25, 0.3) is 10.8 Å². The van der Waals surface area contributed by atoms with Crippen LogP contribution < -0.4 is 5.19 Å². The van der Waals surface area contributed by atoms with Gasteiger partial charge in [0.1, 0.15) is 0 Å². The molecule has 0 aromatic heterocycles. The van der Waals surface area contributed by atoms with E-state index in [-0.39, 0.29) is 5.78 Å². The molecule has 2 heteroatoms. The van der Waals surface area contributed by atoms with E-state index in [1.165, 1.54) is 28.1 Å². The predicted molar refractivity (Wildman–Crippen MR) is 109 cm³/mol. The van der Waals surface area contributed by atoms with Crippen molar-refractivity contribution < 1.29 is 4.79 Å². The van der Waals surface area contributed by atoms with Crippen molar-refractivity contribution in [3.05, 3.63) is 76.9 Å². The van der Waals surface area contributed by atoms with Crippen LogP contribution >= 0.6 is 0 Å². The first-order chi connectivity index (χ1) is 12.0. The number of carbonyl (C=O) groups is 1. The van der Waals surface area contributed by atoms with E-state index in [1.807, 2.05) is 30.3 Å². The summed E-state index contributed by atoms with van der Waals surface area (Å²) < 4.78 is 0. The molecule has 1 nitrogen and oxygen atoms in total. The van der Waals surface area contributed by atoms with E-state index in [1.54, 1.807) is 0 Å². The normalized spacial score (nSPS) is 13.9.